The first-order chi connectivity index (χ1) is 16.6. The Labute approximate surface area is 208 Å². The van der Waals surface area contributed by atoms with Crippen molar-refractivity contribution in [3.63, 3.8) is 0 Å². The van der Waals surface area contributed by atoms with Crippen molar-refractivity contribution in [2.45, 2.75) is 0 Å². The zero-order valence-corrected chi connectivity index (χ0v) is 20.3. The fourth-order valence-corrected chi connectivity index (χ4v) is 3.92. The van der Waals surface area contributed by atoms with Crippen LogP contribution < -0.4 is 15.0 Å². The molecule has 7 heteroatoms. The minimum Gasteiger partial charge on any atom is -0.484 e. The number of ether oxygens (including phenoxy) is 1. The Morgan fingerprint density at radius 1 is 0.882 bits per heavy atom. The van der Waals surface area contributed by atoms with E-state index in [1.54, 1.807) is 18.2 Å². The summed E-state index contributed by atoms with van der Waals surface area (Å²) in [6.07, 6.45) is 3.49. The number of rotatable bonds is 7. The first-order valence-electron chi connectivity index (χ1n) is 11.1. The van der Waals surface area contributed by atoms with Crippen molar-refractivity contribution in [1.82, 2.24) is 4.90 Å². The fraction of sp³-hybridized carbons (Fsp3) is 0.185. The van der Waals surface area contributed by atoms with Gasteiger partial charge in [0.15, 0.2) is 6.61 Å². The quantitative estimate of drug-likeness (QED) is 0.454. The third kappa shape index (κ3) is 6.71. The van der Waals surface area contributed by atoms with Crippen LogP contribution in [0.5, 0.6) is 5.75 Å². The highest BCUT2D eigenvalue weighted by Gasteiger charge is 2.20. The van der Waals surface area contributed by atoms with Gasteiger partial charge in [0.2, 0.25) is 5.91 Å². The Morgan fingerprint density at radius 3 is 2.24 bits per heavy atom. The van der Waals surface area contributed by atoms with Crippen molar-refractivity contribution >= 4 is 45.2 Å². The lowest BCUT2D eigenvalue weighted by molar-refractivity contribution is -0.126. The molecule has 3 aromatic carbocycles. The summed E-state index contributed by atoms with van der Waals surface area (Å²) < 4.78 is 6.46. The van der Waals surface area contributed by atoms with Crippen LogP contribution in [0.25, 0.3) is 6.08 Å². The van der Waals surface area contributed by atoms with E-state index < -0.39 is 0 Å². The predicted octanol–water partition coefficient (Wildman–Crippen LogP) is 4.83. The van der Waals surface area contributed by atoms with Crippen LogP contribution in [-0.2, 0) is 9.59 Å². The van der Waals surface area contributed by atoms with Crippen LogP contribution in [-0.4, -0.2) is 49.5 Å². The highest BCUT2D eigenvalue weighted by molar-refractivity contribution is 9.10. The van der Waals surface area contributed by atoms with Crippen molar-refractivity contribution in [2.75, 3.05) is 43.0 Å². The maximum atomic E-state index is 12.5. The number of anilines is 2. The van der Waals surface area contributed by atoms with E-state index in [0.717, 1.165) is 28.8 Å². The number of nitrogens with one attached hydrogen (secondary N) is 1. The highest BCUT2D eigenvalue weighted by atomic mass is 79.9. The number of hydrogen-bond acceptors (Lipinski definition) is 4. The molecule has 1 saturated heterocycles. The minimum atomic E-state index is -0.216. The van der Waals surface area contributed by atoms with Gasteiger partial charge in [-0.15, -0.1) is 0 Å². The normalized spacial score (nSPS) is 13.7. The Morgan fingerprint density at radius 2 is 1.56 bits per heavy atom. The second kappa shape index (κ2) is 11.5. The molecule has 1 N–H and O–H groups in total. The molecule has 0 aromatic heterocycles. The number of hydrogen-bond donors (Lipinski definition) is 1. The van der Waals surface area contributed by atoms with Crippen LogP contribution in [0.2, 0.25) is 0 Å². The van der Waals surface area contributed by atoms with Gasteiger partial charge in [0.1, 0.15) is 5.75 Å². The first kappa shape index (κ1) is 23.6. The molecule has 174 valence electrons. The van der Waals surface area contributed by atoms with E-state index in [4.69, 9.17) is 4.74 Å². The van der Waals surface area contributed by atoms with Gasteiger partial charge in [-0.25, -0.2) is 0 Å². The first-order valence-corrected chi connectivity index (χ1v) is 11.9. The van der Waals surface area contributed by atoms with E-state index in [0.29, 0.717) is 24.5 Å². The molecular formula is C27H26BrN3O3. The molecule has 4 rings (SSSR count). The van der Waals surface area contributed by atoms with Crippen molar-refractivity contribution in [1.29, 1.82) is 0 Å². The van der Waals surface area contributed by atoms with Crippen LogP contribution in [0.1, 0.15) is 5.56 Å². The number of carbonyl (C=O) groups excluding carboxylic acids is 2. The topological polar surface area (TPSA) is 61.9 Å². The van der Waals surface area contributed by atoms with Crippen LogP contribution in [0.3, 0.4) is 0 Å². The molecule has 34 heavy (non-hydrogen) atoms. The lowest BCUT2D eigenvalue weighted by atomic mass is 10.2. The van der Waals surface area contributed by atoms with Crippen LogP contribution in [0, 0.1) is 0 Å². The molecule has 2 amide bonds. The van der Waals surface area contributed by atoms with E-state index in [1.165, 1.54) is 0 Å². The molecule has 6 nitrogen and oxygen atoms in total. The molecule has 0 radical (unpaired) electrons. The van der Waals surface area contributed by atoms with E-state index in [-0.39, 0.29) is 18.4 Å². The molecule has 1 fully saturated rings. The van der Waals surface area contributed by atoms with Gasteiger partial charge < -0.3 is 19.9 Å². The van der Waals surface area contributed by atoms with Crippen molar-refractivity contribution in [3.8, 4) is 5.75 Å². The zero-order chi connectivity index (χ0) is 23.8. The Balaban J connectivity index is 1.22. The average Bonchev–Trinajstić information content (AvgIpc) is 2.88. The van der Waals surface area contributed by atoms with Crippen molar-refractivity contribution in [3.05, 3.63) is 95.0 Å². The van der Waals surface area contributed by atoms with Crippen LogP contribution in [0.15, 0.2) is 89.4 Å². The second-order valence-electron chi connectivity index (χ2n) is 7.89. The predicted molar refractivity (Wildman–Crippen MR) is 139 cm³/mol. The largest absolute Gasteiger partial charge is 0.484 e. The average molecular weight is 520 g/mol. The van der Waals surface area contributed by atoms with Gasteiger partial charge in [0.05, 0.1) is 0 Å². The lowest BCUT2D eigenvalue weighted by Gasteiger charge is -2.35. The number of amides is 2. The summed E-state index contributed by atoms with van der Waals surface area (Å²) >= 11 is 3.37. The zero-order valence-electron chi connectivity index (χ0n) is 18.7. The molecule has 1 aliphatic heterocycles. The number of piperazine rings is 1. The molecule has 0 unspecified atom stereocenters. The van der Waals surface area contributed by atoms with Crippen LogP contribution in [0.4, 0.5) is 11.4 Å². The summed E-state index contributed by atoms with van der Waals surface area (Å²) in [5, 5.41) is 2.85. The summed E-state index contributed by atoms with van der Waals surface area (Å²) in [5.74, 6) is 0.458. The van der Waals surface area contributed by atoms with Crippen LogP contribution >= 0.6 is 15.9 Å². The fourth-order valence-electron chi connectivity index (χ4n) is 3.65. The van der Waals surface area contributed by atoms with E-state index in [2.05, 4.69) is 26.1 Å². The second-order valence-corrected chi connectivity index (χ2v) is 8.81. The van der Waals surface area contributed by atoms with E-state index >= 15 is 0 Å². The van der Waals surface area contributed by atoms with Gasteiger partial charge in [0, 0.05) is 48.1 Å². The van der Waals surface area contributed by atoms with E-state index in [1.807, 2.05) is 77.7 Å². The van der Waals surface area contributed by atoms with E-state index in [9.17, 15) is 9.59 Å². The van der Waals surface area contributed by atoms with Gasteiger partial charge in [-0.3, -0.25) is 9.59 Å². The monoisotopic (exact) mass is 519 g/mol. The minimum absolute atomic E-state index is 0.0342. The summed E-state index contributed by atoms with van der Waals surface area (Å²) in [4.78, 5) is 28.8. The third-order valence-corrected chi connectivity index (χ3v) is 6.04. The summed E-state index contributed by atoms with van der Waals surface area (Å²) in [7, 11) is 0. The summed E-state index contributed by atoms with van der Waals surface area (Å²) in [5.41, 5.74) is 2.80. The molecule has 1 aliphatic rings. The molecule has 0 atom stereocenters. The molecule has 1 heterocycles. The maximum absolute atomic E-state index is 12.5. The number of nitrogens with zero attached hydrogens (tertiary/aromatic N) is 2. The Hall–Kier alpha value is -3.58. The highest BCUT2D eigenvalue weighted by Crippen LogP contribution is 2.20. The number of carbonyl (C=O) groups is 2. The van der Waals surface area contributed by atoms with Gasteiger partial charge in [0.25, 0.3) is 5.91 Å². The molecule has 0 saturated carbocycles. The Kier molecular flexibility index (Phi) is 7.99. The molecular weight excluding hydrogens is 494 g/mol. The number of benzene rings is 3. The Bertz CT molecular complexity index is 1120. The summed E-state index contributed by atoms with van der Waals surface area (Å²) in [6, 6.07) is 24.9. The van der Waals surface area contributed by atoms with Gasteiger partial charge in [-0.1, -0.05) is 46.3 Å². The SMILES string of the molecule is O=C(COc1ccc(Br)cc1)Nc1ccc(N2CCN(C(=O)/C=C/c3ccccc3)CC2)cc1. The standard InChI is InChI=1S/C27H26BrN3O3/c28-22-7-13-25(14-8-22)34-20-26(32)29-23-9-11-24(12-10-23)30-16-18-31(19-17-30)27(33)15-6-21-4-2-1-3-5-21/h1-15H,16-20H2,(H,29,32)/b15-6+. The van der Waals surface area contributed by atoms with Gasteiger partial charge in [-0.05, 0) is 60.2 Å². The summed E-state index contributed by atoms with van der Waals surface area (Å²) in [6.45, 7) is 2.81. The molecule has 0 spiro atoms. The van der Waals surface area contributed by atoms with Gasteiger partial charge >= 0.3 is 0 Å². The lowest BCUT2D eigenvalue weighted by Crippen LogP contribution is -2.48. The maximum Gasteiger partial charge on any atom is 0.262 e. The van der Waals surface area contributed by atoms with Crippen molar-refractivity contribution < 1.29 is 14.3 Å². The number of halogens is 1. The molecule has 0 aliphatic carbocycles. The molecule has 0 bridgehead atoms. The third-order valence-electron chi connectivity index (χ3n) is 5.51. The smallest absolute Gasteiger partial charge is 0.262 e. The van der Waals surface area contributed by atoms with Gasteiger partial charge in [-0.2, -0.15) is 0 Å². The van der Waals surface area contributed by atoms with Crippen molar-refractivity contribution in [2.24, 2.45) is 0 Å². The molecule has 3 aromatic rings.